The summed E-state index contributed by atoms with van der Waals surface area (Å²) in [6.45, 7) is 4.36. The molecule has 0 aliphatic carbocycles. The van der Waals surface area contributed by atoms with Crippen molar-refractivity contribution in [1.29, 1.82) is 0 Å². The highest BCUT2D eigenvalue weighted by Gasteiger charge is 2.08. The summed E-state index contributed by atoms with van der Waals surface area (Å²) in [4.78, 5) is -0.0419. The molecule has 3 nitrogen and oxygen atoms in total. The van der Waals surface area contributed by atoms with Gasteiger partial charge in [-0.2, -0.15) is 8.42 Å². The molecule has 0 bridgehead atoms. The van der Waals surface area contributed by atoms with Crippen LogP contribution in [0.2, 0.25) is 0 Å². The first-order valence-corrected chi connectivity index (χ1v) is 6.94. The van der Waals surface area contributed by atoms with Crippen molar-refractivity contribution in [3.05, 3.63) is 29.8 Å². The maximum absolute atomic E-state index is 10.8. The number of aryl methyl sites for hydroxylation is 1. The van der Waals surface area contributed by atoms with Crippen LogP contribution in [-0.4, -0.2) is 13.0 Å². The van der Waals surface area contributed by atoms with Crippen LogP contribution in [0.15, 0.2) is 29.2 Å². The van der Waals surface area contributed by atoms with E-state index in [0.29, 0.717) is 5.92 Å². The minimum absolute atomic E-state index is 0.0419. The summed E-state index contributed by atoms with van der Waals surface area (Å²) in [5.41, 5.74) is 1.10. The van der Waals surface area contributed by atoms with Crippen molar-refractivity contribution in [2.45, 2.75) is 38.0 Å². The van der Waals surface area contributed by atoms with Crippen LogP contribution in [0.25, 0.3) is 0 Å². The highest BCUT2D eigenvalue weighted by Crippen LogP contribution is 2.15. The number of hydrogen-bond acceptors (Lipinski definition) is 2. The first-order chi connectivity index (χ1) is 7.43. The molecule has 0 aromatic heterocycles. The molecule has 1 unspecified atom stereocenters. The molecule has 1 N–H and O–H groups in total. The van der Waals surface area contributed by atoms with E-state index >= 15 is 0 Å². The summed E-state index contributed by atoms with van der Waals surface area (Å²) in [7, 11) is -4.06. The Hall–Kier alpha value is -0.870. The summed E-state index contributed by atoms with van der Waals surface area (Å²) < 4.78 is 30.4. The van der Waals surface area contributed by atoms with E-state index in [0.717, 1.165) is 24.8 Å². The van der Waals surface area contributed by atoms with E-state index < -0.39 is 10.1 Å². The van der Waals surface area contributed by atoms with Crippen molar-refractivity contribution < 1.29 is 13.0 Å². The molecule has 1 aromatic rings. The van der Waals surface area contributed by atoms with Crippen LogP contribution in [0.4, 0.5) is 0 Å². The lowest BCUT2D eigenvalue weighted by molar-refractivity contribution is 0.483. The van der Waals surface area contributed by atoms with Crippen molar-refractivity contribution in [2.75, 3.05) is 0 Å². The topological polar surface area (TPSA) is 54.4 Å². The Labute approximate surface area is 97.2 Å². The van der Waals surface area contributed by atoms with Crippen molar-refractivity contribution in [3.63, 3.8) is 0 Å². The predicted octanol–water partition coefficient (Wildman–Crippen LogP) is 2.91. The molecule has 1 atom stereocenters. The molecule has 90 valence electrons. The van der Waals surface area contributed by atoms with E-state index in [1.165, 1.54) is 12.1 Å². The van der Waals surface area contributed by atoms with Crippen molar-refractivity contribution in [2.24, 2.45) is 5.92 Å². The smallest absolute Gasteiger partial charge is 0.282 e. The van der Waals surface area contributed by atoms with E-state index in [1.54, 1.807) is 12.1 Å². The largest absolute Gasteiger partial charge is 0.294 e. The quantitative estimate of drug-likeness (QED) is 0.808. The fourth-order valence-corrected chi connectivity index (χ4v) is 1.93. The van der Waals surface area contributed by atoms with Crippen LogP contribution < -0.4 is 0 Å². The lowest BCUT2D eigenvalue weighted by atomic mass is 9.99. The van der Waals surface area contributed by atoms with E-state index in [4.69, 9.17) is 4.55 Å². The second-order valence-corrected chi connectivity index (χ2v) is 5.59. The Kier molecular flexibility index (Phi) is 4.50. The third kappa shape index (κ3) is 3.94. The number of benzene rings is 1. The third-order valence-corrected chi connectivity index (χ3v) is 3.71. The third-order valence-electron chi connectivity index (χ3n) is 2.84. The molecule has 16 heavy (non-hydrogen) atoms. The van der Waals surface area contributed by atoms with Gasteiger partial charge in [0.05, 0.1) is 4.90 Å². The minimum atomic E-state index is -4.06. The maximum atomic E-state index is 10.8. The standard InChI is InChI=1S/C12H18O3S/c1-3-10(2)4-5-11-6-8-12(9-7-11)16(13,14)15/h6-10H,3-5H2,1-2H3,(H,13,14,15). The lowest BCUT2D eigenvalue weighted by Crippen LogP contribution is -1.99. The molecule has 0 saturated heterocycles. The Morgan fingerprint density at radius 2 is 1.81 bits per heavy atom. The van der Waals surface area contributed by atoms with Gasteiger partial charge in [0.25, 0.3) is 10.1 Å². The first kappa shape index (κ1) is 13.2. The Balaban J connectivity index is 2.66. The molecule has 0 amide bonds. The van der Waals surface area contributed by atoms with Gasteiger partial charge >= 0.3 is 0 Å². The number of rotatable bonds is 5. The second-order valence-electron chi connectivity index (χ2n) is 4.17. The van der Waals surface area contributed by atoms with Crippen LogP contribution >= 0.6 is 0 Å². The Bertz CT molecular complexity index is 420. The van der Waals surface area contributed by atoms with E-state index in [1.807, 2.05) is 0 Å². The van der Waals surface area contributed by atoms with Gasteiger partial charge in [0.1, 0.15) is 0 Å². The monoisotopic (exact) mass is 242 g/mol. The minimum Gasteiger partial charge on any atom is -0.282 e. The van der Waals surface area contributed by atoms with Gasteiger partial charge in [-0.1, -0.05) is 32.4 Å². The fraction of sp³-hybridized carbons (Fsp3) is 0.500. The molecule has 0 aliphatic heterocycles. The zero-order valence-electron chi connectivity index (χ0n) is 9.68. The van der Waals surface area contributed by atoms with Gasteiger partial charge in [-0.05, 0) is 36.5 Å². The Morgan fingerprint density at radius 3 is 2.25 bits per heavy atom. The second kappa shape index (κ2) is 5.46. The van der Waals surface area contributed by atoms with Crippen molar-refractivity contribution >= 4 is 10.1 Å². The van der Waals surface area contributed by atoms with Crippen LogP contribution in [0, 0.1) is 5.92 Å². The normalized spacial score (nSPS) is 13.7. The molecule has 0 heterocycles. The van der Waals surface area contributed by atoms with E-state index in [9.17, 15) is 8.42 Å². The summed E-state index contributed by atoms with van der Waals surface area (Å²) in [6, 6.07) is 6.40. The summed E-state index contributed by atoms with van der Waals surface area (Å²) in [5, 5.41) is 0. The first-order valence-electron chi connectivity index (χ1n) is 5.50. The summed E-state index contributed by atoms with van der Waals surface area (Å²) >= 11 is 0. The molecular weight excluding hydrogens is 224 g/mol. The van der Waals surface area contributed by atoms with Gasteiger partial charge in [-0.3, -0.25) is 4.55 Å². The van der Waals surface area contributed by atoms with Crippen molar-refractivity contribution in [3.8, 4) is 0 Å². The van der Waals surface area contributed by atoms with Gasteiger partial charge in [0.15, 0.2) is 0 Å². The molecule has 0 saturated carbocycles. The predicted molar refractivity (Wildman–Crippen MR) is 64.0 cm³/mol. The zero-order valence-corrected chi connectivity index (χ0v) is 10.5. The molecule has 0 aliphatic rings. The molecular formula is C12H18O3S. The zero-order chi connectivity index (χ0) is 12.2. The fourth-order valence-electron chi connectivity index (χ4n) is 1.45. The lowest BCUT2D eigenvalue weighted by Gasteiger charge is -2.08. The van der Waals surface area contributed by atoms with E-state index in [2.05, 4.69) is 13.8 Å². The molecule has 1 aromatic carbocycles. The average molecular weight is 242 g/mol. The highest BCUT2D eigenvalue weighted by atomic mass is 32.2. The number of hydrogen-bond donors (Lipinski definition) is 1. The van der Waals surface area contributed by atoms with Gasteiger partial charge < -0.3 is 0 Å². The Morgan fingerprint density at radius 1 is 1.25 bits per heavy atom. The average Bonchev–Trinajstić information content (AvgIpc) is 2.25. The molecule has 0 spiro atoms. The molecule has 0 radical (unpaired) electrons. The molecule has 1 rings (SSSR count). The SMILES string of the molecule is CCC(C)CCc1ccc(S(=O)(=O)O)cc1. The molecule has 0 fully saturated rings. The van der Waals surface area contributed by atoms with Gasteiger partial charge in [0.2, 0.25) is 0 Å². The van der Waals surface area contributed by atoms with Crippen LogP contribution in [-0.2, 0) is 16.5 Å². The van der Waals surface area contributed by atoms with Crippen LogP contribution in [0.5, 0.6) is 0 Å². The van der Waals surface area contributed by atoms with Crippen LogP contribution in [0.3, 0.4) is 0 Å². The maximum Gasteiger partial charge on any atom is 0.294 e. The van der Waals surface area contributed by atoms with Gasteiger partial charge in [0, 0.05) is 0 Å². The van der Waals surface area contributed by atoms with Crippen molar-refractivity contribution in [1.82, 2.24) is 0 Å². The van der Waals surface area contributed by atoms with Gasteiger partial charge in [-0.25, -0.2) is 0 Å². The highest BCUT2D eigenvalue weighted by molar-refractivity contribution is 7.85. The summed E-state index contributed by atoms with van der Waals surface area (Å²) in [6.07, 6.45) is 3.20. The van der Waals surface area contributed by atoms with E-state index in [-0.39, 0.29) is 4.90 Å². The molecule has 4 heteroatoms. The van der Waals surface area contributed by atoms with Crippen LogP contribution in [0.1, 0.15) is 32.3 Å². The summed E-state index contributed by atoms with van der Waals surface area (Å²) in [5.74, 6) is 0.682. The van der Waals surface area contributed by atoms with Gasteiger partial charge in [-0.15, -0.1) is 0 Å².